The van der Waals surface area contributed by atoms with E-state index in [0.29, 0.717) is 34.9 Å². The minimum Gasteiger partial charge on any atom is -0.368 e. The fraction of sp³-hybridized carbons (Fsp3) is 0.211. The average Bonchev–Trinajstić information content (AvgIpc) is 2.71. The van der Waals surface area contributed by atoms with E-state index in [-0.39, 0.29) is 5.69 Å². The third-order valence-electron chi connectivity index (χ3n) is 4.10. The fourth-order valence-corrected chi connectivity index (χ4v) is 3.13. The van der Waals surface area contributed by atoms with Crippen LogP contribution >= 0.6 is 23.2 Å². The summed E-state index contributed by atoms with van der Waals surface area (Å²) in [7, 11) is 0. The van der Waals surface area contributed by atoms with Crippen molar-refractivity contribution in [2.45, 2.75) is 13.3 Å². The lowest BCUT2D eigenvalue weighted by atomic mass is 10.1. The van der Waals surface area contributed by atoms with Crippen molar-refractivity contribution in [2.75, 3.05) is 23.7 Å². The molecule has 1 aromatic carbocycles. The second-order valence-electron chi connectivity index (χ2n) is 6.06. The Hall–Kier alpha value is -2.97. The summed E-state index contributed by atoms with van der Waals surface area (Å²) in [6.07, 6.45) is 3.76. The van der Waals surface area contributed by atoms with Crippen LogP contribution in [-0.2, 0) is 6.42 Å². The highest BCUT2D eigenvalue weighted by atomic mass is 35.5. The Kier molecular flexibility index (Phi) is 6.79. The largest absolute Gasteiger partial charge is 0.368 e. The molecule has 29 heavy (non-hydrogen) atoms. The third kappa shape index (κ3) is 5.30. The lowest BCUT2D eigenvalue weighted by molar-refractivity contribution is -0.385. The quantitative estimate of drug-likeness (QED) is 0.297. The first-order valence-corrected chi connectivity index (χ1v) is 9.63. The van der Waals surface area contributed by atoms with Crippen molar-refractivity contribution in [3.8, 4) is 11.3 Å². The van der Waals surface area contributed by atoms with Gasteiger partial charge in [-0.3, -0.25) is 10.1 Å². The number of aromatic nitrogens is 3. The Bertz CT molecular complexity index is 1010. The third-order valence-corrected chi connectivity index (χ3v) is 4.65. The van der Waals surface area contributed by atoms with Crippen LogP contribution in [0.15, 0.2) is 42.7 Å². The van der Waals surface area contributed by atoms with E-state index in [9.17, 15) is 10.1 Å². The Morgan fingerprint density at radius 2 is 1.86 bits per heavy atom. The first-order valence-electron chi connectivity index (χ1n) is 8.87. The maximum absolute atomic E-state index is 10.6. The highest BCUT2D eigenvalue weighted by molar-refractivity contribution is 6.36. The highest BCUT2D eigenvalue weighted by Crippen LogP contribution is 2.31. The van der Waals surface area contributed by atoms with Crippen LogP contribution in [0.25, 0.3) is 11.3 Å². The number of benzene rings is 1. The van der Waals surface area contributed by atoms with Gasteiger partial charge in [-0.1, -0.05) is 30.1 Å². The molecule has 2 heterocycles. The van der Waals surface area contributed by atoms with Gasteiger partial charge in [0.25, 0.3) is 5.69 Å². The molecule has 3 aromatic rings. The Morgan fingerprint density at radius 1 is 1.07 bits per heavy atom. The van der Waals surface area contributed by atoms with Crippen LogP contribution in [0.3, 0.4) is 0 Å². The molecule has 0 bridgehead atoms. The van der Waals surface area contributed by atoms with Gasteiger partial charge in [-0.25, -0.2) is 15.0 Å². The van der Waals surface area contributed by atoms with Crippen molar-refractivity contribution in [1.29, 1.82) is 0 Å². The van der Waals surface area contributed by atoms with E-state index in [2.05, 4.69) is 25.6 Å². The number of anilines is 2. The Labute approximate surface area is 177 Å². The fourth-order valence-electron chi connectivity index (χ4n) is 2.63. The van der Waals surface area contributed by atoms with E-state index in [4.69, 9.17) is 23.2 Å². The van der Waals surface area contributed by atoms with Gasteiger partial charge >= 0.3 is 0 Å². The molecule has 0 atom stereocenters. The molecule has 0 radical (unpaired) electrons. The van der Waals surface area contributed by atoms with Crippen LogP contribution in [0.1, 0.15) is 12.5 Å². The smallest absolute Gasteiger partial charge is 0.287 e. The molecule has 0 aliphatic heterocycles. The maximum atomic E-state index is 10.6. The lowest BCUT2D eigenvalue weighted by Gasteiger charge is -2.12. The summed E-state index contributed by atoms with van der Waals surface area (Å²) in [5.74, 6) is 1.02. The zero-order valence-corrected chi connectivity index (χ0v) is 17.0. The van der Waals surface area contributed by atoms with Gasteiger partial charge in [0, 0.05) is 35.9 Å². The molecule has 0 spiro atoms. The molecule has 0 aliphatic rings. The molecule has 0 saturated carbocycles. The number of halogens is 2. The number of nitrogens with one attached hydrogen (secondary N) is 2. The number of aryl methyl sites for hydroxylation is 1. The number of nitro groups is 1. The van der Waals surface area contributed by atoms with E-state index in [1.54, 1.807) is 24.4 Å². The predicted octanol–water partition coefficient (Wildman–Crippen LogP) is 4.84. The number of pyridine rings is 1. The van der Waals surface area contributed by atoms with Gasteiger partial charge in [0.2, 0.25) is 5.95 Å². The van der Waals surface area contributed by atoms with E-state index < -0.39 is 4.92 Å². The topological polar surface area (TPSA) is 106 Å². The van der Waals surface area contributed by atoms with Crippen molar-refractivity contribution < 1.29 is 4.92 Å². The lowest BCUT2D eigenvalue weighted by Crippen LogP contribution is -2.16. The summed E-state index contributed by atoms with van der Waals surface area (Å²) in [5, 5.41) is 18.0. The molecular formula is C19H18Cl2N6O2. The molecule has 3 rings (SSSR count). The first-order chi connectivity index (χ1) is 14.0. The minimum absolute atomic E-state index is 0.0496. The second kappa shape index (κ2) is 9.49. The maximum Gasteiger partial charge on any atom is 0.287 e. The van der Waals surface area contributed by atoms with Crippen molar-refractivity contribution in [3.63, 3.8) is 0 Å². The molecule has 0 amide bonds. The predicted molar refractivity (Wildman–Crippen MR) is 115 cm³/mol. The van der Waals surface area contributed by atoms with Crippen LogP contribution < -0.4 is 10.6 Å². The summed E-state index contributed by atoms with van der Waals surface area (Å²) >= 11 is 12.3. The zero-order valence-electron chi connectivity index (χ0n) is 15.5. The molecule has 0 unspecified atom stereocenters. The van der Waals surface area contributed by atoms with Crippen molar-refractivity contribution in [1.82, 2.24) is 15.0 Å². The van der Waals surface area contributed by atoms with Crippen LogP contribution in [-0.4, -0.2) is 33.0 Å². The molecule has 10 heteroatoms. The summed E-state index contributed by atoms with van der Waals surface area (Å²) in [4.78, 5) is 23.1. The Balaban J connectivity index is 1.65. The van der Waals surface area contributed by atoms with Gasteiger partial charge in [0.1, 0.15) is 12.0 Å². The van der Waals surface area contributed by atoms with E-state index in [0.717, 1.165) is 23.2 Å². The summed E-state index contributed by atoms with van der Waals surface area (Å²) in [6, 6.07) is 8.27. The van der Waals surface area contributed by atoms with Crippen LogP contribution in [0.2, 0.25) is 10.0 Å². The first kappa shape index (κ1) is 20.8. The van der Waals surface area contributed by atoms with Gasteiger partial charge in [-0.2, -0.15) is 0 Å². The van der Waals surface area contributed by atoms with Gasteiger partial charge in [-0.05, 0) is 36.2 Å². The van der Waals surface area contributed by atoms with Gasteiger partial charge in [0.15, 0.2) is 0 Å². The van der Waals surface area contributed by atoms with Gasteiger partial charge < -0.3 is 10.6 Å². The highest BCUT2D eigenvalue weighted by Gasteiger charge is 2.12. The van der Waals surface area contributed by atoms with Crippen LogP contribution in [0.4, 0.5) is 17.5 Å². The van der Waals surface area contributed by atoms with Crippen molar-refractivity contribution in [3.05, 3.63) is 68.4 Å². The SMILES string of the molecule is CCc1cnc(NCCNc2ccc([N+](=O)[O-])cn2)nc1-c1ccc(Cl)cc1Cl. The summed E-state index contributed by atoms with van der Waals surface area (Å²) < 4.78 is 0. The summed E-state index contributed by atoms with van der Waals surface area (Å²) in [5.41, 5.74) is 2.49. The monoisotopic (exact) mass is 432 g/mol. The number of nitrogens with zero attached hydrogens (tertiary/aromatic N) is 4. The standard InChI is InChI=1S/C19H18Cl2N6O2/c1-2-12-10-25-19(26-18(12)15-5-3-13(20)9-16(15)21)23-8-7-22-17-6-4-14(11-24-17)27(28)29/h3-6,9-11H,2,7-8H2,1H3,(H,22,24)(H,23,25,26). The molecule has 2 N–H and O–H groups in total. The van der Waals surface area contributed by atoms with Crippen molar-refractivity contribution >= 4 is 40.7 Å². The zero-order chi connectivity index (χ0) is 20.8. The molecule has 2 aromatic heterocycles. The molecule has 0 fully saturated rings. The van der Waals surface area contributed by atoms with Gasteiger partial charge in [-0.15, -0.1) is 0 Å². The normalized spacial score (nSPS) is 10.6. The van der Waals surface area contributed by atoms with Crippen molar-refractivity contribution in [2.24, 2.45) is 0 Å². The summed E-state index contributed by atoms with van der Waals surface area (Å²) in [6.45, 7) is 3.08. The van der Waals surface area contributed by atoms with Crippen LogP contribution in [0.5, 0.6) is 0 Å². The molecule has 8 nitrogen and oxygen atoms in total. The molecule has 0 aliphatic carbocycles. The molecule has 150 valence electrons. The van der Waals surface area contributed by atoms with E-state index >= 15 is 0 Å². The second-order valence-corrected chi connectivity index (χ2v) is 6.90. The number of hydrogen-bond donors (Lipinski definition) is 2. The molecular weight excluding hydrogens is 415 g/mol. The van der Waals surface area contributed by atoms with Crippen LogP contribution in [0, 0.1) is 10.1 Å². The number of hydrogen-bond acceptors (Lipinski definition) is 7. The number of rotatable bonds is 8. The minimum atomic E-state index is -0.486. The average molecular weight is 433 g/mol. The van der Waals surface area contributed by atoms with Gasteiger partial charge in [0.05, 0.1) is 15.6 Å². The van der Waals surface area contributed by atoms with E-state index in [1.807, 2.05) is 13.0 Å². The Morgan fingerprint density at radius 3 is 2.52 bits per heavy atom. The molecule has 0 saturated heterocycles. The van der Waals surface area contributed by atoms with E-state index in [1.165, 1.54) is 12.3 Å².